The predicted octanol–water partition coefficient (Wildman–Crippen LogP) is 0.475. The van der Waals surface area contributed by atoms with Gasteiger partial charge in [0.1, 0.15) is 12.3 Å². The standard InChI is InChI=1S/C11H14N2O5/c14-6-10-9(15)5-11(18-10)12-7-1-3-8(4-2-7)13(16)17/h1-4,9-12,14-15H,5-6H2/t9-,10+,11-/m0/s1. The van der Waals surface area contributed by atoms with Crippen molar-refractivity contribution in [3.8, 4) is 0 Å². The molecule has 2 rings (SSSR count). The Bertz CT molecular complexity index is 422. The van der Waals surface area contributed by atoms with Crippen molar-refractivity contribution in [3.05, 3.63) is 34.4 Å². The Morgan fingerprint density at radius 1 is 1.44 bits per heavy atom. The van der Waals surface area contributed by atoms with Gasteiger partial charge in [-0.3, -0.25) is 10.1 Å². The molecular weight excluding hydrogens is 240 g/mol. The molecule has 0 amide bonds. The third-order valence-electron chi connectivity index (χ3n) is 2.81. The summed E-state index contributed by atoms with van der Waals surface area (Å²) in [5, 5.41) is 31.9. The first-order valence-electron chi connectivity index (χ1n) is 5.55. The highest BCUT2D eigenvalue weighted by Gasteiger charge is 2.33. The number of nitro benzene ring substituents is 1. The average Bonchev–Trinajstić information content (AvgIpc) is 2.70. The molecular formula is C11H14N2O5. The number of aliphatic hydroxyl groups excluding tert-OH is 2. The van der Waals surface area contributed by atoms with Crippen molar-refractivity contribution >= 4 is 11.4 Å². The van der Waals surface area contributed by atoms with Crippen LogP contribution in [0.4, 0.5) is 11.4 Å². The monoisotopic (exact) mass is 254 g/mol. The molecule has 1 aromatic rings. The minimum Gasteiger partial charge on any atom is -0.394 e. The third-order valence-corrected chi connectivity index (χ3v) is 2.81. The molecule has 1 saturated heterocycles. The summed E-state index contributed by atoms with van der Waals surface area (Å²) in [5.74, 6) is 0. The van der Waals surface area contributed by atoms with E-state index < -0.39 is 23.4 Å². The smallest absolute Gasteiger partial charge is 0.269 e. The highest BCUT2D eigenvalue weighted by atomic mass is 16.6. The molecule has 1 aliphatic heterocycles. The van der Waals surface area contributed by atoms with Gasteiger partial charge < -0.3 is 20.3 Å². The second kappa shape index (κ2) is 5.30. The molecule has 0 aromatic heterocycles. The summed E-state index contributed by atoms with van der Waals surface area (Å²) in [5.41, 5.74) is 0.678. The Morgan fingerprint density at radius 3 is 2.61 bits per heavy atom. The molecule has 0 aliphatic carbocycles. The van der Waals surface area contributed by atoms with Gasteiger partial charge in [-0.05, 0) is 12.1 Å². The molecule has 3 atom stereocenters. The van der Waals surface area contributed by atoms with Crippen LogP contribution in [0.5, 0.6) is 0 Å². The lowest BCUT2D eigenvalue weighted by molar-refractivity contribution is -0.384. The Balaban J connectivity index is 1.96. The first kappa shape index (κ1) is 12.7. The Morgan fingerprint density at radius 2 is 2.11 bits per heavy atom. The zero-order valence-electron chi connectivity index (χ0n) is 9.52. The fourth-order valence-electron chi connectivity index (χ4n) is 1.85. The van der Waals surface area contributed by atoms with E-state index >= 15 is 0 Å². The number of nitrogens with zero attached hydrogens (tertiary/aromatic N) is 1. The minimum atomic E-state index is -0.703. The second-order valence-corrected chi connectivity index (χ2v) is 4.10. The molecule has 1 heterocycles. The number of anilines is 1. The zero-order valence-corrected chi connectivity index (χ0v) is 9.52. The topological polar surface area (TPSA) is 105 Å². The van der Waals surface area contributed by atoms with Gasteiger partial charge in [0, 0.05) is 24.2 Å². The number of ether oxygens (including phenoxy) is 1. The van der Waals surface area contributed by atoms with Crippen LogP contribution in [-0.4, -0.2) is 40.2 Å². The molecule has 0 bridgehead atoms. The Kier molecular flexibility index (Phi) is 3.75. The predicted molar refractivity (Wildman–Crippen MR) is 63.1 cm³/mol. The first-order valence-corrected chi connectivity index (χ1v) is 5.55. The van der Waals surface area contributed by atoms with Crippen molar-refractivity contribution < 1.29 is 19.9 Å². The summed E-state index contributed by atoms with van der Waals surface area (Å²) in [6, 6.07) is 5.91. The van der Waals surface area contributed by atoms with Gasteiger partial charge in [0.05, 0.1) is 17.6 Å². The second-order valence-electron chi connectivity index (χ2n) is 4.10. The maximum Gasteiger partial charge on any atom is 0.269 e. The van der Waals surface area contributed by atoms with Crippen LogP contribution in [0.3, 0.4) is 0 Å². The molecule has 3 N–H and O–H groups in total. The van der Waals surface area contributed by atoms with Gasteiger partial charge in [0.2, 0.25) is 0 Å². The molecule has 0 saturated carbocycles. The highest BCUT2D eigenvalue weighted by molar-refractivity contribution is 5.48. The number of rotatable bonds is 4. The highest BCUT2D eigenvalue weighted by Crippen LogP contribution is 2.23. The van der Waals surface area contributed by atoms with E-state index in [1.54, 1.807) is 12.1 Å². The van der Waals surface area contributed by atoms with Crippen LogP contribution in [0.15, 0.2) is 24.3 Å². The van der Waals surface area contributed by atoms with Crippen molar-refractivity contribution in [2.45, 2.75) is 24.9 Å². The van der Waals surface area contributed by atoms with Gasteiger partial charge in [-0.15, -0.1) is 0 Å². The molecule has 7 nitrogen and oxygen atoms in total. The minimum absolute atomic E-state index is 0.0150. The number of hydrogen-bond acceptors (Lipinski definition) is 6. The lowest BCUT2D eigenvalue weighted by Crippen LogP contribution is -2.25. The average molecular weight is 254 g/mol. The molecule has 7 heteroatoms. The molecule has 0 unspecified atom stereocenters. The fourth-order valence-corrected chi connectivity index (χ4v) is 1.85. The third kappa shape index (κ3) is 2.76. The van der Waals surface area contributed by atoms with Crippen molar-refractivity contribution in [1.82, 2.24) is 0 Å². The van der Waals surface area contributed by atoms with E-state index in [2.05, 4.69) is 5.32 Å². The fraction of sp³-hybridized carbons (Fsp3) is 0.455. The Hall–Kier alpha value is -1.70. The van der Waals surface area contributed by atoms with E-state index in [-0.39, 0.29) is 12.3 Å². The number of nitro groups is 1. The summed E-state index contributed by atoms with van der Waals surface area (Å²) in [4.78, 5) is 10.0. The van der Waals surface area contributed by atoms with E-state index in [0.29, 0.717) is 12.1 Å². The molecule has 1 fully saturated rings. The van der Waals surface area contributed by atoms with E-state index in [9.17, 15) is 15.2 Å². The summed E-state index contributed by atoms with van der Waals surface area (Å²) < 4.78 is 5.36. The van der Waals surface area contributed by atoms with Crippen LogP contribution in [0.1, 0.15) is 6.42 Å². The number of hydrogen-bond donors (Lipinski definition) is 3. The van der Waals surface area contributed by atoms with E-state index in [0.717, 1.165) is 0 Å². The van der Waals surface area contributed by atoms with E-state index in [1.165, 1.54) is 12.1 Å². The number of nitrogens with one attached hydrogen (secondary N) is 1. The maximum absolute atomic E-state index is 10.5. The van der Waals surface area contributed by atoms with E-state index in [4.69, 9.17) is 9.84 Å². The van der Waals surface area contributed by atoms with Crippen LogP contribution in [0.25, 0.3) is 0 Å². The van der Waals surface area contributed by atoms with Crippen LogP contribution < -0.4 is 5.32 Å². The lowest BCUT2D eigenvalue weighted by atomic mass is 10.2. The SMILES string of the molecule is O=[N+]([O-])c1ccc(N[C@@H]2C[C@H](O)[C@@H](CO)O2)cc1. The van der Waals surface area contributed by atoms with Gasteiger partial charge in [-0.25, -0.2) is 0 Å². The van der Waals surface area contributed by atoms with Gasteiger partial charge >= 0.3 is 0 Å². The summed E-state index contributed by atoms with van der Waals surface area (Å²) in [6.07, 6.45) is -1.33. The van der Waals surface area contributed by atoms with Crippen LogP contribution in [-0.2, 0) is 4.74 Å². The van der Waals surface area contributed by atoms with Crippen LogP contribution in [0.2, 0.25) is 0 Å². The Labute approximate surface area is 103 Å². The van der Waals surface area contributed by atoms with Crippen molar-refractivity contribution in [3.63, 3.8) is 0 Å². The normalized spacial score (nSPS) is 27.1. The molecule has 0 spiro atoms. The maximum atomic E-state index is 10.5. The summed E-state index contributed by atoms with van der Waals surface area (Å²) >= 11 is 0. The van der Waals surface area contributed by atoms with Gasteiger partial charge in [0.15, 0.2) is 0 Å². The largest absolute Gasteiger partial charge is 0.394 e. The summed E-state index contributed by atoms with van der Waals surface area (Å²) in [6.45, 7) is -0.236. The quantitative estimate of drug-likeness (QED) is 0.533. The van der Waals surface area contributed by atoms with Crippen molar-refractivity contribution in [1.29, 1.82) is 0 Å². The van der Waals surface area contributed by atoms with Gasteiger partial charge in [0.25, 0.3) is 5.69 Å². The first-order chi connectivity index (χ1) is 8.60. The molecule has 0 radical (unpaired) electrons. The van der Waals surface area contributed by atoms with E-state index in [1.807, 2.05) is 0 Å². The molecule has 1 aromatic carbocycles. The number of benzene rings is 1. The van der Waals surface area contributed by atoms with Gasteiger partial charge in [-0.2, -0.15) is 0 Å². The molecule has 18 heavy (non-hydrogen) atoms. The van der Waals surface area contributed by atoms with Gasteiger partial charge in [-0.1, -0.05) is 0 Å². The number of non-ortho nitro benzene ring substituents is 1. The van der Waals surface area contributed by atoms with Crippen molar-refractivity contribution in [2.24, 2.45) is 0 Å². The number of aliphatic hydroxyl groups is 2. The van der Waals surface area contributed by atoms with Crippen LogP contribution >= 0.6 is 0 Å². The lowest BCUT2D eigenvalue weighted by Gasteiger charge is -2.14. The van der Waals surface area contributed by atoms with Crippen LogP contribution in [0, 0.1) is 10.1 Å². The summed E-state index contributed by atoms with van der Waals surface area (Å²) in [7, 11) is 0. The zero-order chi connectivity index (χ0) is 13.1. The molecule has 1 aliphatic rings. The molecule has 98 valence electrons. The van der Waals surface area contributed by atoms with Crippen molar-refractivity contribution in [2.75, 3.05) is 11.9 Å².